The molecule has 19 heavy (non-hydrogen) atoms. The van der Waals surface area contributed by atoms with Crippen molar-refractivity contribution in [2.24, 2.45) is 0 Å². The van der Waals surface area contributed by atoms with E-state index in [0.717, 1.165) is 23.8 Å². The van der Waals surface area contributed by atoms with Crippen LogP contribution in [0.3, 0.4) is 0 Å². The molecule has 0 amide bonds. The highest BCUT2D eigenvalue weighted by Crippen LogP contribution is 2.15. The van der Waals surface area contributed by atoms with Crippen LogP contribution in [-0.4, -0.2) is 39.6 Å². The van der Waals surface area contributed by atoms with E-state index < -0.39 is 0 Å². The van der Waals surface area contributed by atoms with Gasteiger partial charge >= 0.3 is 0 Å². The third kappa shape index (κ3) is 2.56. The number of rotatable bonds is 2. The van der Waals surface area contributed by atoms with Crippen LogP contribution in [0.25, 0.3) is 4.96 Å². The Morgan fingerprint density at radius 3 is 3.21 bits per heavy atom. The zero-order valence-electron chi connectivity index (χ0n) is 11.1. The van der Waals surface area contributed by atoms with Gasteiger partial charge in [-0.25, -0.2) is 4.98 Å². The van der Waals surface area contributed by atoms with Crippen molar-refractivity contribution < 1.29 is 4.74 Å². The quantitative estimate of drug-likeness (QED) is 0.833. The zero-order valence-corrected chi connectivity index (χ0v) is 11.9. The van der Waals surface area contributed by atoms with E-state index in [1.165, 1.54) is 11.3 Å². The predicted octanol–water partition coefficient (Wildman–Crippen LogP) is 1.37. The lowest BCUT2D eigenvalue weighted by atomic mass is 10.2. The standard InChI is InChI=1S/C13H17N3O2S/c1-9-8-18-10(2)6-15(9)7-11-5-12(17)16-3-4-19-13(16)14-11/h3-5,9-10H,6-8H2,1-2H3/t9-,10-/m1/s1. The predicted molar refractivity (Wildman–Crippen MR) is 74.6 cm³/mol. The van der Waals surface area contributed by atoms with E-state index in [4.69, 9.17) is 4.74 Å². The first-order chi connectivity index (χ1) is 9.13. The SMILES string of the molecule is C[C@@H]1CN(Cc2cc(=O)n3ccsc3n2)[C@H](C)CO1. The molecule has 6 heteroatoms. The first kappa shape index (κ1) is 12.8. The molecule has 102 valence electrons. The molecule has 2 aromatic rings. The van der Waals surface area contributed by atoms with Crippen molar-refractivity contribution in [1.82, 2.24) is 14.3 Å². The van der Waals surface area contributed by atoms with Crippen molar-refractivity contribution in [3.05, 3.63) is 33.7 Å². The van der Waals surface area contributed by atoms with Gasteiger partial charge in [-0.05, 0) is 13.8 Å². The summed E-state index contributed by atoms with van der Waals surface area (Å²) in [5.74, 6) is 0. The number of thiazole rings is 1. The molecule has 1 aliphatic heterocycles. The van der Waals surface area contributed by atoms with Crippen molar-refractivity contribution in [3.63, 3.8) is 0 Å². The van der Waals surface area contributed by atoms with E-state index in [1.807, 2.05) is 5.38 Å². The Morgan fingerprint density at radius 1 is 1.53 bits per heavy atom. The first-order valence-electron chi connectivity index (χ1n) is 6.45. The van der Waals surface area contributed by atoms with E-state index in [1.54, 1.807) is 16.7 Å². The van der Waals surface area contributed by atoms with Crippen molar-refractivity contribution in [3.8, 4) is 0 Å². The maximum Gasteiger partial charge on any atom is 0.258 e. The molecule has 2 atom stereocenters. The Hall–Kier alpha value is -1.24. The molecule has 1 saturated heterocycles. The fourth-order valence-electron chi connectivity index (χ4n) is 2.37. The smallest absolute Gasteiger partial charge is 0.258 e. The van der Waals surface area contributed by atoms with E-state index in [9.17, 15) is 4.79 Å². The van der Waals surface area contributed by atoms with Crippen LogP contribution in [0.2, 0.25) is 0 Å². The number of hydrogen-bond donors (Lipinski definition) is 0. The second-order valence-electron chi connectivity index (χ2n) is 5.06. The summed E-state index contributed by atoms with van der Waals surface area (Å²) in [5.41, 5.74) is 0.837. The lowest BCUT2D eigenvalue weighted by Gasteiger charge is -2.36. The largest absolute Gasteiger partial charge is 0.376 e. The first-order valence-corrected chi connectivity index (χ1v) is 7.33. The van der Waals surface area contributed by atoms with Gasteiger partial charge in [0, 0.05) is 36.8 Å². The molecule has 0 N–H and O–H groups in total. The third-order valence-corrected chi connectivity index (χ3v) is 4.21. The average molecular weight is 279 g/mol. The minimum Gasteiger partial charge on any atom is -0.376 e. The second kappa shape index (κ2) is 5.03. The fourth-order valence-corrected chi connectivity index (χ4v) is 3.11. The van der Waals surface area contributed by atoms with Gasteiger partial charge in [0.15, 0.2) is 4.96 Å². The maximum atomic E-state index is 11.9. The molecule has 0 aromatic carbocycles. The van der Waals surface area contributed by atoms with Crippen LogP contribution in [0, 0.1) is 0 Å². The molecular weight excluding hydrogens is 262 g/mol. The lowest BCUT2D eigenvalue weighted by molar-refractivity contribution is -0.0530. The summed E-state index contributed by atoms with van der Waals surface area (Å²) in [7, 11) is 0. The third-order valence-electron chi connectivity index (χ3n) is 3.46. The highest BCUT2D eigenvalue weighted by Gasteiger charge is 2.23. The van der Waals surface area contributed by atoms with Crippen LogP contribution < -0.4 is 5.56 Å². The molecular formula is C13H17N3O2S. The zero-order chi connectivity index (χ0) is 13.4. The van der Waals surface area contributed by atoms with Gasteiger partial charge in [0.05, 0.1) is 18.4 Å². The van der Waals surface area contributed by atoms with Crippen molar-refractivity contribution in [2.45, 2.75) is 32.5 Å². The molecule has 3 heterocycles. The molecule has 1 aliphatic rings. The maximum absolute atomic E-state index is 11.9. The normalized spacial score (nSPS) is 24.9. The number of nitrogens with zero attached hydrogens (tertiary/aromatic N) is 3. The van der Waals surface area contributed by atoms with Gasteiger partial charge < -0.3 is 4.74 Å². The van der Waals surface area contributed by atoms with E-state index in [-0.39, 0.29) is 11.7 Å². The van der Waals surface area contributed by atoms with Gasteiger partial charge in [-0.3, -0.25) is 14.1 Å². The summed E-state index contributed by atoms with van der Waals surface area (Å²) >= 11 is 1.49. The van der Waals surface area contributed by atoms with Crippen LogP contribution in [0.5, 0.6) is 0 Å². The molecule has 0 saturated carbocycles. The van der Waals surface area contributed by atoms with Crippen molar-refractivity contribution in [1.29, 1.82) is 0 Å². The van der Waals surface area contributed by atoms with E-state index >= 15 is 0 Å². The molecule has 0 radical (unpaired) electrons. The minimum atomic E-state index is -0.00443. The van der Waals surface area contributed by atoms with Crippen molar-refractivity contribution in [2.75, 3.05) is 13.2 Å². The van der Waals surface area contributed by atoms with Gasteiger partial charge in [-0.15, -0.1) is 11.3 Å². The molecule has 0 aliphatic carbocycles. The molecule has 3 rings (SSSR count). The number of aromatic nitrogens is 2. The lowest BCUT2D eigenvalue weighted by Crippen LogP contribution is -2.46. The number of ether oxygens (including phenoxy) is 1. The Labute approximate surface area is 115 Å². The van der Waals surface area contributed by atoms with Crippen LogP contribution in [0.4, 0.5) is 0 Å². The van der Waals surface area contributed by atoms with E-state index in [2.05, 4.69) is 23.7 Å². The minimum absolute atomic E-state index is 0.00443. The summed E-state index contributed by atoms with van der Waals surface area (Å²) in [6.07, 6.45) is 2.00. The summed E-state index contributed by atoms with van der Waals surface area (Å²) in [6.45, 7) is 6.54. The number of morpholine rings is 1. The van der Waals surface area contributed by atoms with Gasteiger partial charge in [0.2, 0.25) is 0 Å². The molecule has 0 unspecified atom stereocenters. The molecule has 0 spiro atoms. The summed E-state index contributed by atoms with van der Waals surface area (Å²) < 4.78 is 7.20. The highest BCUT2D eigenvalue weighted by atomic mass is 32.1. The Balaban J connectivity index is 1.86. The van der Waals surface area contributed by atoms with E-state index in [0.29, 0.717) is 12.6 Å². The molecule has 1 fully saturated rings. The van der Waals surface area contributed by atoms with Gasteiger partial charge in [-0.1, -0.05) is 0 Å². The summed E-state index contributed by atoms with van der Waals surface area (Å²) in [4.78, 5) is 19.6. The molecule has 5 nitrogen and oxygen atoms in total. The van der Waals surface area contributed by atoms with Gasteiger partial charge in [0.25, 0.3) is 5.56 Å². The van der Waals surface area contributed by atoms with Crippen LogP contribution in [0.15, 0.2) is 22.4 Å². The Bertz CT molecular complexity index is 636. The Kier molecular flexibility index (Phi) is 3.38. The Morgan fingerprint density at radius 2 is 2.37 bits per heavy atom. The topological polar surface area (TPSA) is 46.8 Å². The number of hydrogen-bond acceptors (Lipinski definition) is 5. The molecule has 2 aromatic heterocycles. The van der Waals surface area contributed by atoms with Crippen LogP contribution >= 0.6 is 11.3 Å². The van der Waals surface area contributed by atoms with Gasteiger partial charge in [0.1, 0.15) is 0 Å². The second-order valence-corrected chi connectivity index (χ2v) is 5.94. The van der Waals surface area contributed by atoms with Crippen molar-refractivity contribution >= 4 is 16.3 Å². The number of fused-ring (bicyclic) bond motifs is 1. The highest BCUT2D eigenvalue weighted by molar-refractivity contribution is 7.15. The fraction of sp³-hybridized carbons (Fsp3) is 0.538. The van der Waals surface area contributed by atoms with Gasteiger partial charge in [-0.2, -0.15) is 0 Å². The average Bonchev–Trinajstić information content (AvgIpc) is 2.82. The summed E-state index contributed by atoms with van der Waals surface area (Å²) in [5, 5.41) is 1.88. The molecule has 0 bridgehead atoms. The van der Waals surface area contributed by atoms with Crippen LogP contribution in [0.1, 0.15) is 19.5 Å². The van der Waals surface area contributed by atoms with Crippen LogP contribution in [-0.2, 0) is 11.3 Å². The monoisotopic (exact) mass is 279 g/mol. The summed E-state index contributed by atoms with van der Waals surface area (Å²) in [6, 6.07) is 1.99.